The fourth-order valence-electron chi connectivity index (χ4n) is 3.06. The van der Waals surface area contributed by atoms with E-state index in [9.17, 15) is 14.4 Å². The lowest BCUT2D eigenvalue weighted by Gasteiger charge is -2.18. The SMILES string of the molecule is CN(Cc1ccc(Cl)cc1)C(=O)CNC(=O)c1ccc(N2CCCC2=O)cc1. The minimum atomic E-state index is -0.326. The summed E-state index contributed by atoms with van der Waals surface area (Å²) in [6, 6.07) is 14.1. The molecular weight excluding hydrogens is 378 g/mol. The fraction of sp³-hybridized carbons (Fsp3) is 0.286. The van der Waals surface area contributed by atoms with Crippen molar-refractivity contribution in [1.29, 1.82) is 0 Å². The topological polar surface area (TPSA) is 69.7 Å². The molecule has 28 heavy (non-hydrogen) atoms. The van der Waals surface area contributed by atoms with Crippen molar-refractivity contribution < 1.29 is 14.4 Å². The number of benzene rings is 2. The molecule has 0 saturated carbocycles. The lowest BCUT2D eigenvalue weighted by Crippen LogP contribution is -2.37. The molecule has 6 nitrogen and oxygen atoms in total. The highest BCUT2D eigenvalue weighted by Gasteiger charge is 2.21. The molecule has 1 N–H and O–H groups in total. The van der Waals surface area contributed by atoms with Crippen molar-refractivity contribution in [3.05, 3.63) is 64.7 Å². The average Bonchev–Trinajstić information content (AvgIpc) is 3.13. The molecule has 1 aliphatic rings. The van der Waals surface area contributed by atoms with Gasteiger partial charge in [-0.15, -0.1) is 0 Å². The molecule has 3 rings (SSSR count). The largest absolute Gasteiger partial charge is 0.343 e. The predicted molar refractivity (Wildman–Crippen MR) is 108 cm³/mol. The van der Waals surface area contributed by atoms with Crippen LogP contribution in [0.3, 0.4) is 0 Å². The number of carbonyl (C=O) groups excluding carboxylic acids is 3. The summed E-state index contributed by atoms with van der Waals surface area (Å²) in [5, 5.41) is 3.28. The first-order valence-corrected chi connectivity index (χ1v) is 9.49. The number of hydrogen-bond acceptors (Lipinski definition) is 3. The van der Waals surface area contributed by atoms with Crippen molar-refractivity contribution in [3.8, 4) is 0 Å². The third kappa shape index (κ3) is 4.89. The minimum absolute atomic E-state index is 0.0880. The van der Waals surface area contributed by atoms with E-state index in [-0.39, 0.29) is 24.3 Å². The lowest BCUT2D eigenvalue weighted by atomic mass is 10.2. The first kappa shape index (κ1) is 19.9. The zero-order chi connectivity index (χ0) is 20.1. The number of nitrogens with zero attached hydrogens (tertiary/aromatic N) is 2. The van der Waals surface area contributed by atoms with Crippen LogP contribution >= 0.6 is 11.6 Å². The molecule has 0 unspecified atom stereocenters. The monoisotopic (exact) mass is 399 g/mol. The third-order valence-corrected chi connectivity index (χ3v) is 4.93. The standard InChI is InChI=1S/C21H22ClN3O3/c1-24(14-15-4-8-17(22)9-5-15)20(27)13-23-21(28)16-6-10-18(11-7-16)25-12-2-3-19(25)26/h4-11H,2-3,12-14H2,1H3,(H,23,28). The minimum Gasteiger partial charge on any atom is -0.343 e. The maximum Gasteiger partial charge on any atom is 0.251 e. The molecule has 0 bridgehead atoms. The number of anilines is 1. The van der Waals surface area contributed by atoms with Crippen LogP contribution in [-0.2, 0) is 16.1 Å². The van der Waals surface area contributed by atoms with Crippen molar-refractivity contribution in [2.24, 2.45) is 0 Å². The Labute approximate surface area is 169 Å². The molecule has 1 heterocycles. The summed E-state index contributed by atoms with van der Waals surface area (Å²) in [5.74, 6) is -0.415. The molecule has 0 aromatic heterocycles. The van der Waals surface area contributed by atoms with Crippen LogP contribution in [-0.4, -0.2) is 42.8 Å². The molecule has 0 aliphatic carbocycles. The maximum absolute atomic E-state index is 12.3. The highest BCUT2D eigenvalue weighted by Crippen LogP contribution is 2.21. The maximum atomic E-state index is 12.3. The van der Waals surface area contributed by atoms with Crippen LogP contribution in [0.25, 0.3) is 0 Å². The predicted octanol–water partition coefficient (Wildman–Crippen LogP) is 2.86. The summed E-state index contributed by atoms with van der Waals surface area (Å²) in [4.78, 5) is 39.6. The summed E-state index contributed by atoms with van der Waals surface area (Å²) >= 11 is 5.86. The second kappa shape index (κ2) is 8.89. The van der Waals surface area contributed by atoms with Gasteiger partial charge < -0.3 is 15.1 Å². The molecule has 0 radical (unpaired) electrons. The van der Waals surface area contributed by atoms with Crippen molar-refractivity contribution >= 4 is 35.0 Å². The summed E-state index contributed by atoms with van der Waals surface area (Å²) < 4.78 is 0. The van der Waals surface area contributed by atoms with Gasteiger partial charge in [-0.25, -0.2) is 0 Å². The van der Waals surface area contributed by atoms with Crippen LogP contribution in [0.1, 0.15) is 28.8 Å². The number of amides is 3. The van der Waals surface area contributed by atoms with E-state index < -0.39 is 0 Å². The molecule has 0 atom stereocenters. The molecule has 7 heteroatoms. The first-order chi connectivity index (χ1) is 13.4. The van der Waals surface area contributed by atoms with Crippen molar-refractivity contribution in [2.75, 3.05) is 25.0 Å². The Morgan fingerprint density at radius 3 is 2.39 bits per heavy atom. The van der Waals surface area contributed by atoms with Gasteiger partial charge in [0.1, 0.15) is 0 Å². The third-order valence-electron chi connectivity index (χ3n) is 4.67. The molecule has 146 valence electrons. The molecule has 2 aromatic carbocycles. The van der Waals surface area contributed by atoms with Gasteiger partial charge in [-0.05, 0) is 48.4 Å². The lowest BCUT2D eigenvalue weighted by molar-refractivity contribution is -0.129. The average molecular weight is 400 g/mol. The van der Waals surface area contributed by atoms with Gasteiger partial charge in [0, 0.05) is 42.8 Å². The van der Waals surface area contributed by atoms with E-state index in [0.29, 0.717) is 30.1 Å². The molecule has 1 aliphatic heterocycles. The first-order valence-electron chi connectivity index (χ1n) is 9.11. The smallest absolute Gasteiger partial charge is 0.251 e. The van der Waals surface area contributed by atoms with Crippen LogP contribution in [0.2, 0.25) is 5.02 Å². The van der Waals surface area contributed by atoms with E-state index in [4.69, 9.17) is 11.6 Å². The number of rotatable bonds is 6. The van der Waals surface area contributed by atoms with E-state index in [1.54, 1.807) is 53.2 Å². The normalized spacial score (nSPS) is 13.5. The zero-order valence-corrected chi connectivity index (χ0v) is 16.4. The van der Waals surface area contributed by atoms with Gasteiger partial charge in [0.15, 0.2) is 0 Å². The van der Waals surface area contributed by atoms with Crippen LogP contribution in [0.4, 0.5) is 5.69 Å². The number of carbonyl (C=O) groups is 3. The Morgan fingerprint density at radius 2 is 1.79 bits per heavy atom. The van der Waals surface area contributed by atoms with Gasteiger partial charge in [0.2, 0.25) is 11.8 Å². The van der Waals surface area contributed by atoms with E-state index in [2.05, 4.69) is 5.32 Å². The summed E-state index contributed by atoms with van der Waals surface area (Å²) in [5.41, 5.74) is 2.19. The van der Waals surface area contributed by atoms with Gasteiger partial charge in [0.25, 0.3) is 5.91 Å². The molecule has 1 saturated heterocycles. The Kier molecular flexibility index (Phi) is 6.31. The Hall–Kier alpha value is -2.86. The van der Waals surface area contributed by atoms with E-state index in [0.717, 1.165) is 17.7 Å². The van der Waals surface area contributed by atoms with Gasteiger partial charge in [-0.1, -0.05) is 23.7 Å². The van der Waals surface area contributed by atoms with Crippen LogP contribution in [0.5, 0.6) is 0 Å². The van der Waals surface area contributed by atoms with Crippen molar-refractivity contribution in [2.45, 2.75) is 19.4 Å². The number of halogens is 1. The molecular formula is C21H22ClN3O3. The summed E-state index contributed by atoms with van der Waals surface area (Å²) in [7, 11) is 1.69. The van der Waals surface area contributed by atoms with Gasteiger partial charge in [-0.3, -0.25) is 14.4 Å². The number of nitrogens with one attached hydrogen (secondary N) is 1. The quantitative estimate of drug-likeness (QED) is 0.812. The highest BCUT2D eigenvalue weighted by molar-refractivity contribution is 6.30. The van der Waals surface area contributed by atoms with Crippen LogP contribution in [0.15, 0.2) is 48.5 Å². The molecule has 0 spiro atoms. The van der Waals surface area contributed by atoms with Gasteiger partial charge in [-0.2, -0.15) is 0 Å². The molecule has 1 fully saturated rings. The van der Waals surface area contributed by atoms with Crippen LogP contribution in [0, 0.1) is 0 Å². The Morgan fingerprint density at radius 1 is 1.11 bits per heavy atom. The molecule has 2 aromatic rings. The van der Waals surface area contributed by atoms with Crippen molar-refractivity contribution in [1.82, 2.24) is 10.2 Å². The van der Waals surface area contributed by atoms with Crippen molar-refractivity contribution in [3.63, 3.8) is 0 Å². The Bertz CT molecular complexity index is 865. The molecule has 3 amide bonds. The highest BCUT2D eigenvalue weighted by atomic mass is 35.5. The summed E-state index contributed by atoms with van der Waals surface area (Å²) in [6.45, 7) is 1.05. The zero-order valence-electron chi connectivity index (χ0n) is 15.7. The second-order valence-electron chi connectivity index (χ2n) is 6.75. The number of likely N-dealkylation sites (N-methyl/N-ethyl adjacent to an activating group) is 1. The number of hydrogen-bond donors (Lipinski definition) is 1. The second-order valence-corrected chi connectivity index (χ2v) is 7.19. The fourth-order valence-corrected chi connectivity index (χ4v) is 3.18. The Balaban J connectivity index is 1.50. The van der Waals surface area contributed by atoms with Gasteiger partial charge in [0.05, 0.1) is 6.54 Å². The van der Waals surface area contributed by atoms with Gasteiger partial charge >= 0.3 is 0 Å². The van der Waals surface area contributed by atoms with E-state index in [1.807, 2.05) is 12.1 Å². The van der Waals surface area contributed by atoms with E-state index in [1.165, 1.54) is 0 Å². The van der Waals surface area contributed by atoms with Crippen LogP contribution < -0.4 is 10.2 Å². The van der Waals surface area contributed by atoms with E-state index >= 15 is 0 Å². The summed E-state index contributed by atoms with van der Waals surface area (Å²) in [6.07, 6.45) is 1.42.